The average molecular weight is 1030 g/mol. The molecule has 3 aliphatic heterocycles. The third-order valence-corrected chi connectivity index (χ3v) is 15.0. The van der Waals surface area contributed by atoms with Crippen LogP contribution in [0.3, 0.4) is 0 Å². The van der Waals surface area contributed by atoms with Gasteiger partial charge in [0.1, 0.15) is 12.1 Å². The van der Waals surface area contributed by atoms with Gasteiger partial charge in [-0.1, -0.05) is 44.5 Å². The Morgan fingerprint density at radius 3 is 2.03 bits per heavy atom. The number of nitrogens with one attached hydrogen (secondary N) is 3. The number of phosphoric ester groups is 1. The van der Waals surface area contributed by atoms with Crippen molar-refractivity contribution in [2.24, 2.45) is 5.92 Å². The summed E-state index contributed by atoms with van der Waals surface area (Å²) in [6.45, 7) is 7.75. The lowest BCUT2D eigenvalue weighted by Crippen LogP contribution is -2.53. The first kappa shape index (κ1) is 51.5. The molecule has 1 aromatic heterocycles. The molecule has 3 aliphatic rings. The van der Waals surface area contributed by atoms with Gasteiger partial charge in [0.15, 0.2) is 5.75 Å². The lowest BCUT2D eigenvalue weighted by Gasteiger charge is -2.24. The van der Waals surface area contributed by atoms with Gasteiger partial charge in [0.25, 0.3) is 11.8 Å². The maximum absolute atomic E-state index is 14.1. The number of phosphoric acid groups is 1. The number of imide groups is 1. The fourth-order valence-corrected chi connectivity index (χ4v) is 11.3. The number of alkyl halides is 2. The van der Waals surface area contributed by atoms with Gasteiger partial charge in [0.05, 0.1) is 16.1 Å². The highest BCUT2D eigenvalue weighted by Gasteiger charge is 2.38. The number of anilines is 3. The van der Waals surface area contributed by atoms with Crippen LogP contribution < -0.4 is 30.3 Å². The molecule has 4 heterocycles. The number of benzene rings is 3. The monoisotopic (exact) mass is 1020 g/mol. The van der Waals surface area contributed by atoms with Crippen molar-refractivity contribution in [2.45, 2.75) is 96.6 Å². The Balaban J connectivity index is 0.992. The second-order valence-corrected chi connectivity index (χ2v) is 20.6. The van der Waals surface area contributed by atoms with Crippen LogP contribution in [0.1, 0.15) is 94.2 Å². The van der Waals surface area contributed by atoms with Gasteiger partial charge in [-0.05, 0) is 72.6 Å². The van der Waals surface area contributed by atoms with Crippen LogP contribution in [0.15, 0.2) is 53.9 Å². The Hall–Kier alpha value is -5.36. The van der Waals surface area contributed by atoms with Crippen molar-refractivity contribution in [2.75, 3.05) is 46.5 Å². The predicted octanol–water partition coefficient (Wildman–Crippen LogP) is 7.11. The molecule has 0 spiro atoms. The largest absolute Gasteiger partial charge is 0.524 e. The van der Waals surface area contributed by atoms with E-state index < -0.39 is 31.7 Å². The van der Waals surface area contributed by atoms with Gasteiger partial charge in [-0.2, -0.15) is 0 Å². The van der Waals surface area contributed by atoms with Crippen LogP contribution in [0, 0.1) is 12.8 Å². The molecule has 21 heteroatoms. The number of aryl methyl sites for hydroxylation is 1. The number of thiophene rings is 1. The number of hydrogen-bond acceptors (Lipinski definition) is 10. The highest BCUT2D eigenvalue weighted by molar-refractivity contribution is 7.46. The van der Waals surface area contributed by atoms with Crippen LogP contribution in [0.4, 0.5) is 17.1 Å². The van der Waals surface area contributed by atoms with Gasteiger partial charge in [-0.3, -0.25) is 48.2 Å². The molecule has 0 radical (unpaired) electrons. The summed E-state index contributed by atoms with van der Waals surface area (Å²) in [6, 6.07) is 8.67. The number of hydrogen-bond donors (Lipinski definition) is 5. The van der Waals surface area contributed by atoms with Gasteiger partial charge in [0, 0.05) is 97.2 Å². The summed E-state index contributed by atoms with van der Waals surface area (Å²) in [7, 11) is -4.93. The molecule has 4 atom stereocenters. The van der Waals surface area contributed by atoms with Crippen LogP contribution in [-0.2, 0) is 38.1 Å². The number of unbranched alkanes of at least 4 members (excludes halogenated alkanes) is 2. The minimum absolute atomic E-state index is 0.00118. The molecule has 368 valence electrons. The van der Waals surface area contributed by atoms with Crippen molar-refractivity contribution in [3.63, 3.8) is 0 Å². The van der Waals surface area contributed by atoms with Crippen molar-refractivity contribution < 1.29 is 52.4 Å². The van der Waals surface area contributed by atoms with Crippen LogP contribution in [-0.4, -0.2) is 99.5 Å². The quantitative estimate of drug-likeness (QED) is 0.0259. The topological polar surface area (TPSA) is 232 Å². The van der Waals surface area contributed by atoms with Gasteiger partial charge in [-0.25, -0.2) is 4.57 Å². The number of amides is 7. The predicted molar refractivity (Wildman–Crippen MR) is 266 cm³/mol. The first-order chi connectivity index (χ1) is 32.8. The molecule has 3 unspecified atom stereocenters. The van der Waals surface area contributed by atoms with E-state index in [9.17, 15) is 47.9 Å². The molecule has 4 aromatic rings. The van der Waals surface area contributed by atoms with Gasteiger partial charge in [-0.15, -0.1) is 34.5 Å². The standard InChI is InChI=1S/C48H55Cl2N6O11PS/c1-26(2)45(53-37(57)13-6-5-9-18-54-40(60)16-17-41(54)61)48(63)51-28(4)47(62)52-33-19-34-43(32-12-8-7-11-31(32)33)29(21-49)23-55(34)38(58)14-10-15-39(59)56-24-30(22-50)44-35(56)20-36(67-68(64,65)66)46-42(44)27(3)25-69-46/h7-8,11-12,16-17,19-20,25-26,28-30,45H,5-6,9-10,13-15,18,21-24H2,1-4H3,(H,51,63)(H,52,62)(H,53,57)(H2,64,65,66)/t28?,29-,30?,45?/m1/s1. The highest BCUT2D eigenvalue weighted by Crippen LogP contribution is 2.52. The summed E-state index contributed by atoms with van der Waals surface area (Å²) in [5.41, 5.74) is 3.94. The minimum atomic E-state index is -4.93. The zero-order valence-corrected chi connectivity index (χ0v) is 41.8. The minimum Gasteiger partial charge on any atom is -0.403 e. The fourth-order valence-electron chi connectivity index (χ4n) is 9.31. The summed E-state index contributed by atoms with van der Waals surface area (Å²) in [5.74, 6) is -3.08. The third kappa shape index (κ3) is 11.3. The summed E-state index contributed by atoms with van der Waals surface area (Å²) in [5, 5.41) is 12.6. The van der Waals surface area contributed by atoms with Crippen molar-refractivity contribution >= 4 is 122 Å². The fraction of sp³-hybridized carbons (Fsp3) is 0.438. The van der Waals surface area contributed by atoms with E-state index in [0.29, 0.717) is 46.4 Å². The maximum atomic E-state index is 14.1. The van der Waals surface area contributed by atoms with E-state index >= 15 is 0 Å². The number of nitrogens with zero attached hydrogens (tertiary/aromatic N) is 3. The smallest absolute Gasteiger partial charge is 0.403 e. The van der Waals surface area contributed by atoms with E-state index in [4.69, 9.17) is 27.7 Å². The average Bonchev–Trinajstić information content (AvgIpc) is 4.07. The van der Waals surface area contributed by atoms with Gasteiger partial charge in [0.2, 0.25) is 29.5 Å². The Morgan fingerprint density at radius 1 is 0.812 bits per heavy atom. The molecule has 0 bridgehead atoms. The second kappa shape index (κ2) is 21.7. The zero-order chi connectivity index (χ0) is 49.9. The lowest BCUT2D eigenvalue weighted by atomic mass is 9.95. The lowest BCUT2D eigenvalue weighted by molar-refractivity contribution is -0.137. The number of carbonyl (C=O) groups excluding carboxylic acids is 7. The van der Waals surface area contributed by atoms with E-state index in [0.717, 1.165) is 32.4 Å². The normalized spacial score (nSPS) is 17.4. The van der Waals surface area contributed by atoms with E-state index in [-0.39, 0.29) is 110 Å². The number of halogens is 2. The number of carbonyl (C=O) groups is 7. The van der Waals surface area contributed by atoms with Crippen LogP contribution in [0.25, 0.3) is 20.9 Å². The molecule has 0 aliphatic carbocycles. The number of rotatable bonds is 20. The van der Waals surface area contributed by atoms with Crippen LogP contribution in [0.5, 0.6) is 5.75 Å². The highest BCUT2D eigenvalue weighted by atomic mass is 35.5. The Labute approximate surface area is 413 Å². The number of fused-ring (bicyclic) bond motifs is 6. The first-order valence-electron chi connectivity index (χ1n) is 22.8. The molecule has 7 rings (SSSR count). The van der Waals surface area contributed by atoms with Gasteiger partial charge < -0.3 is 30.3 Å². The summed E-state index contributed by atoms with van der Waals surface area (Å²) < 4.78 is 17.6. The molecule has 17 nitrogen and oxygen atoms in total. The van der Waals surface area contributed by atoms with Gasteiger partial charge >= 0.3 is 7.82 Å². The van der Waals surface area contributed by atoms with Crippen molar-refractivity contribution in [3.8, 4) is 5.75 Å². The summed E-state index contributed by atoms with van der Waals surface area (Å²) in [4.78, 5) is 115. The summed E-state index contributed by atoms with van der Waals surface area (Å²) in [6.07, 6.45) is 4.38. The molecule has 7 amide bonds. The van der Waals surface area contributed by atoms with Crippen molar-refractivity contribution in [3.05, 3.63) is 70.6 Å². The molecule has 5 N–H and O–H groups in total. The van der Waals surface area contributed by atoms with E-state index in [1.165, 1.54) is 36.5 Å². The second-order valence-electron chi connectivity index (χ2n) is 18.0. The third-order valence-electron chi connectivity index (χ3n) is 12.7. The molecular weight excluding hydrogens is 971 g/mol. The van der Waals surface area contributed by atoms with Crippen LogP contribution in [0.2, 0.25) is 0 Å². The van der Waals surface area contributed by atoms with E-state index in [1.54, 1.807) is 29.7 Å². The molecule has 0 fully saturated rings. The van der Waals surface area contributed by atoms with E-state index in [2.05, 4.69) is 16.0 Å². The molecule has 69 heavy (non-hydrogen) atoms. The van der Waals surface area contributed by atoms with Crippen LogP contribution >= 0.6 is 42.4 Å². The Morgan fingerprint density at radius 2 is 1.42 bits per heavy atom. The molecular formula is C48H55Cl2N6O11PS. The molecule has 3 aromatic carbocycles. The SMILES string of the molecule is Cc1csc2c(OP(=O)(O)O)cc3c(c12)C(CCl)CN3C(=O)CCCC(=O)N1C[C@@H](CCl)c2c1cc(NC(=O)C(C)NC(=O)C(NC(=O)CCCCCN1C(=O)C=CC1=O)C(C)C)c1ccccc21. The molecule has 0 saturated carbocycles. The van der Waals surface area contributed by atoms with Crippen molar-refractivity contribution in [1.29, 1.82) is 0 Å². The zero-order valence-electron chi connectivity index (χ0n) is 38.6. The summed E-state index contributed by atoms with van der Waals surface area (Å²) >= 11 is 14.2. The maximum Gasteiger partial charge on any atom is 0.524 e. The molecule has 0 saturated heterocycles. The first-order valence-corrected chi connectivity index (χ1v) is 26.3. The Bertz CT molecular complexity index is 2780. The van der Waals surface area contributed by atoms with E-state index in [1.807, 2.05) is 36.6 Å². The Kier molecular flexibility index (Phi) is 16.2. The van der Waals surface area contributed by atoms with Crippen molar-refractivity contribution in [1.82, 2.24) is 15.5 Å².